The average molecular weight is 192 g/mol. The molecule has 0 nitrogen and oxygen atoms in total. The van der Waals surface area contributed by atoms with E-state index in [1.165, 1.54) is 25.7 Å². The van der Waals surface area contributed by atoms with Crippen molar-refractivity contribution in [2.75, 3.05) is 0 Å². The lowest BCUT2D eigenvalue weighted by atomic mass is 9.63. The largest absolute Gasteiger partial charge is 0.0676 e. The van der Waals surface area contributed by atoms with Gasteiger partial charge in [0.15, 0.2) is 0 Å². The minimum atomic E-state index is 0.858. The SMILES string of the molecule is CC1C2=C(CCCC2)C(C)C(C)C1C. The molecular weight excluding hydrogens is 168 g/mol. The van der Waals surface area contributed by atoms with Crippen LogP contribution in [-0.2, 0) is 0 Å². The fraction of sp³-hybridized carbons (Fsp3) is 0.857. The number of hydrogen-bond donors (Lipinski definition) is 0. The van der Waals surface area contributed by atoms with Gasteiger partial charge in [-0.1, -0.05) is 38.8 Å². The second-order valence-corrected chi connectivity index (χ2v) is 5.55. The van der Waals surface area contributed by atoms with Crippen molar-refractivity contribution in [1.82, 2.24) is 0 Å². The summed E-state index contributed by atoms with van der Waals surface area (Å²) in [5.74, 6) is 3.50. The molecule has 0 radical (unpaired) electrons. The van der Waals surface area contributed by atoms with E-state index in [-0.39, 0.29) is 0 Å². The molecule has 4 unspecified atom stereocenters. The molecule has 2 rings (SSSR count). The van der Waals surface area contributed by atoms with Gasteiger partial charge in [0.25, 0.3) is 0 Å². The zero-order chi connectivity index (χ0) is 10.3. The third kappa shape index (κ3) is 1.43. The third-order valence-corrected chi connectivity index (χ3v) is 5.06. The van der Waals surface area contributed by atoms with Crippen molar-refractivity contribution in [3.63, 3.8) is 0 Å². The first-order valence-corrected chi connectivity index (χ1v) is 6.34. The highest BCUT2D eigenvalue weighted by molar-refractivity contribution is 5.25. The summed E-state index contributed by atoms with van der Waals surface area (Å²) >= 11 is 0. The van der Waals surface area contributed by atoms with Crippen molar-refractivity contribution in [3.8, 4) is 0 Å². The Kier molecular flexibility index (Phi) is 2.72. The second kappa shape index (κ2) is 3.72. The lowest BCUT2D eigenvalue weighted by Gasteiger charge is -2.42. The fourth-order valence-electron chi connectivity index (χ4n) is 3.54. The summed E-state index contributed by atoms with van der Waals surface area (Å²) in [6.45, 7) is 9.80. The molecule has 2 aliphatic rings. The zero-order valence-corrected chi connectivity index (χ0v) is 10.1. The predicted octanol–water partition coefficient (Wildman–Crippen LogP) is 4.42. The Morgan fingerprint density at radius 1 is 0.714 bits per heavy atom. The van der Waals surface area contributed by atoms with Crippen LogP contribution < -0.4 is 0 Å². The Morgan fingerprint density at radius 2 is 1.07 bits per heavy atom. The zero-order valence-electron chi connectivity index (χ0n) is 10.1. The summed E-state index contributed by atoms with van der Waals surface area (Å²) in [4.78, 5) is 0. The van der Waals surface area contributed by atoms with Crippen LogP contribution in [0.3, 0.4) is 0 Å². The molecule has 0 spiro atoms. The Hall–Kier alpha value is -0.260. The van der Waals surface area contributed by atoms with E-state index in [1.807, 2.05) is 11.1 Å². The van der Waals surface area contributed by atoms with Crippen molar-refractivity contribution in [3.05, 3.63) is 11.1 Å². The highest BCUT2D eigenvalue weighted by Gasteiger charge is 2.35. The first kappa shape index (κ1) is 10.3. The van der Waals surface area contributed by atoms with E-state index in [1.54, 1.807) is 0 Å². The first-order chi connectivity index (χ1) is 6.63. The van der Waals surface area contributed by atoms with E-state index >= 15 is 0 Å². The van der Waals surface area contributed by atoms with Crippen molar-refractivity contribution < 1.29 is 0 Å². The Labute approximate surface area is 88.8 Å². The minimum absolute atomic E-state index is 0.858. The topological polar surface area (TPSA) is 0 Å². The van der Waals surface area contributed by atoms with Gasteiger partial charge in [-0.2, -0.15) is 0 Å². The van der Waals surface area contributed by atoms with Gasteiger partial charge < -0.3 is 0 Å². The molecule has 0 aliphatic heterocycles. The molecule has 80 valence electrons. The van der Waals surface area contributed by atoms with Crippen LogP contribution in [0.4, 0.5) is 0 Å². The van der Waals surface area contributed by atoms with Crippen molar-refractivity contribution in [1.29, 1.82) is 0 Å². The molecule has 0 saturated carbocycles. The standard InChI is InChI=1S/C14H24/c1-9-10(2)12(4)14-8-6-5-7-13(14)11(9)3/h9-12H,5-8H2,1-4H3. The highest BCUT2D eigenvalue weighted by Crippen LogP contribution is 2.47. The fourth-order valence-corrected chi connectivity index (χ4v) is 3.54. The lowest BCUT2D eigenvalue weighted by Crippen LogP contribution is -2.32. The van der Waals surface area contributed by atoms with E-state index in [4.69, 9.17) is 0 Å². The van der Waals surface area contributed by atoms with Crippen LogP contribution in [0.2, 0.25) is 0 Å². The maximum Gasteiger partial charge on any atom is -0.0200 e. The van der Waals surface area contributed by atoms with Crippen molar-refractivity contribution in [2.24, 2.45) is 23.7 Å². The molecular formula is C14H24. The average Bonchev–Trinajstić information content (AvgIpc) is 2.23. The van der Waals surface area contributed by atoms with Gasteiger partial charge in [0.05, 0.1) is 0 Å². The summed E-state index contributed by atoms with van der Waals surface area (Å²) in [7, 11) is 0. The molecule has 0 N–H and O–H groups in total. The van der Waals surface area contributed by atoms with Gasteiger partial charge in [0.1, 0.15) is 0 Å². The molecule has 0 amide bonds. The van der Waals surface area contributed by atoms with Crippen LogP contribution in [-0.4, -0.2) is 0 Å². The maximum atomic E-state index is 2.45. The number of hydrogen-bond acceptors (Lipinski definition) is 0. The van der Waals surface area contributed by atoms with Gasteiger partial charge in [-0.25, -0.2) is 0 Å². The second-order valence-electron chi connectivity index (χ2n) is 5.55. The predicted molar refractivity (Wildman–Crippen MR) is 62.2 cm³/mol. The first-order valence-electron chi connectivity index (χ1n) is 6.34. The number of allylic oxidation sites excluding steroid dienone is 2. The Balaban J connectivity index is 2.34. The summed E-state index contributed by atoms with van der Waals surface area (Å²) in [6, 6.07) is 0. The van der Waals surface area contributed by atoms with Crippen molar-refractivity contribution in [2.45, 2.75) is 53.4 Å². The summed E-state index contributed by atoms with van der Waals surface area (Å²) in [5.41, 5.74) is 3.68. The highest BCUT2D eigenvalue weighted by atomic mass is 14.4. The molecule has 0 aromatic heterocycles. The molecule has 0 saturated heterocycles. The molecule has 2 aliphatic carbocycles. The molecule has 0 bridgehead atoms. The molecule has 0 heterocycles. The van der Waals surface area contributed by atoms with Gasteiger partial charge in [-0.05, 0) is 49.4 Å². The Bertz CT molecular complexity index is 223. The normalized spacial score (nSPS) is 43.7. The van der Waals surface area contributed by atoms with Crippen LogP contribution in [0, 0.1) is 23.7 Å². The molecule has 0 aromatic rings. The van der Waals surface area contributed by atoms with Crippen LogP contribution >= 0.6 is 0 Å². The van der Waals surface area contributed by atoms with Gasteiger partial charge in [0.2, 0.25) is 0 Å². The van der Waals surface area contributed by atoms with Gasteiger partial charge in [0, 0.05) is 0 Å². The summed E-state index contributed by atoms with van der Waals surface area (Å²) in [5, 5.41) is 0. The maximum absolute atomic E-state index is 2.45. The van der Waals surface area contributed by atoms with Crippen LogP contribution in [0.1, 0.15) is 53.4 Å². The van der Waals surface area contributed by atoms with E-state index in [9.17, 15) is 0 Å². The third-order valence-electron chi connectivity index (χ3n) is 5.06. The molecule has 14 heavy (non-hydrogen) atoms. The van der Waals surface area contributed by atoms with Crippen molar-refractivity contribution >= 4 is 0 Å². The Morgan fingerprint density at radius 3 is 1.43 bits per heavy atom. The van der Waals surface area contributed by atoms with E-state index in [2.05, 4.69) is 27.7 Å². The molecule has 0 aromatic carbocycles. The smallest absolute Gasteiger partial charge is 0.0200 e. The molecule has 0 heteroatoms. The summed E-state index contributed by atoms with van der Waals surface area (Å²) in [6.07, 6.45) is 5.68. The van der Waals surface area contributed by atoms with Gasteiger partial charge in [-0.15, -0.1) is 0 Å². The quantitative estimate of drug-likeness (QED) is 0.499. The van der Waals surface area contributed by atoms with Crippen LogP contribution in [0.25, 0.3) is 0 Å². The molecule has 4 atom stereocenters. The number of rotatable bonds is 0. The summed E-state index contributed by atoms with van der Waals surface area (Å²) < 4.78 is 0. The van der Waals surface area contributed by atoms with Crippen LogP contribution in [0.5, 0.6) is 0 Å². The molecule has 0 fully saturated rings. The monoisotopic (exact) mass is 192 g/mol. The minimum Gasteiger partial charge on any atom is -0.0676 e. The van der Waals surface area contributed by atoms with Gasteiger partial charge >= 0.3 is 0 Å². The van der Waals surface area contributed by atoms with Gasteiger partial charge in [-0.3, -0.25) is 0 Å². The van der Waals surface area contributed by atoms with E-state index in [0.717, 1.165) is 23.7 Å². The van der Waals surface area contributed by atoms with E-state index < -0.39 is 0 Å². The van der Waals surface area contributed by atoms with E-state index in [0.29, 0.717) is 0 Å². The van der Waals surface area contributed by atoms with Crippen LogP contribution in [0.15, 0.2) is 11.1 Å². The lowest BCUT2D eigenvalue weighted by molar-refractivity contribution is 0.211.